The quantitative estimate of drug-likeness (QED) is 0.200. The minimum atomic E-state index is -0.409. The third-order valence-corrected chi connectivity index (χ3v) is 8.37. The summed E-state index contributed by atoms with van der Waals surface area (Å²) in [6.07, 6.45) is 0. The zero-order chi connectivity index (χ0) is 35.1. The van der Waals surface area contributed by atoms with E-state index in [0.29, 0.717) is 11.3 Å². The van der Waals surface area contributed by atoms with Gasteiger partial charge in [-0.05, 0) is 82.8 Å². The van der Waals surface area contributed by atoms with E-state index in [1.54, 1.807) is 16.7 Å². The van der Waals surface area contributed by atoms with Gasteiger partial charge in [0.05, 0.1) is 31.7 Å². The summed E-state index contributed by atoms with van der Waals surface area (Å²) >= 11 is 0. The molecule has 0 N–H and O–H groups in total. The van der Waals surface area contributed by atoms with E-state index in [9.17, 15) is 4.11 Å². The lowest BCUT2D eigenvalue weighted by molar-refractivity contribution is 1.18. The largest absolute Gasteiger partial charge is 0.309 e. The van der Waals surface area contributed by atoms with E-state index < -0.39 is 12.1 Å². The second-order valence-electron chi connectivity index (χ2n) is 10.9. The molecule has 206 valence electrons. The number of hydrogen-bond donors (Lipinski definition) is 0. The summed E-state index contributed by atoms with van der Waals surface area (Å²) < 4.78 is 66.7. The molecule has 9 rings (SSSR count). The van der Waals surface area contributed by atoms with E-state index in [-0.39, 0.29) is 57.6 Å². The van der Waals surface area contributed by atoms with Crippen molar-refractivity contribution in [3.8, 4) is 33.6 Å². The molecular formula is C42H28N2. The zero-order valence-electron chi connectivity index (χ0n) is 30.5. The Kier molecular flexibility index (Phi) is 4.17. The molecule has 0 atom stereocenters. The minimum absolute atomic E-state index is 0.0599. The topological polar surface area (TPSA) is 9.86 Å². The molecule has 2 heterocycles. The van der Waals surface area contributed by atoms with Crippen LogP contribution in [0.1, 0.15) is 9.60 Å². The van der Waals surface area contributed by atoms with Gasteiger partial charge in [0.25, 0.3) is 0 Å². The summed E-state index contributed by atoms with van der Waals surface area (Å²) in [4.78, 5) is 0. The van der Waals surface area contributed by atoms with Gasteiger partial charge in [-0.25, -0.2) is 0 Å². The van der Waals surface area contributed by atoms with E-state index in [1.807, 2.05) is 66.7 Å². The van der Waals surface area contributed by atoms with E-state index in [1.165, 1.54) is 0 Å². The minimum Gasteiger partial charge on any atom is -0.309 e. The van der Waals surface area contributed by atoms with Crippen LogP contribution in [0.2, 0.25) is 0 Å². The van der Waals surface area contributed by atoms with Crippen molar-refractivity contribution in [2.75, 3.05) is 0 Å². The van der Waals surface area contributed by atoms with Gasteiger partial charge in [0.15, 0.2) is 0 Å². The highest BCUT2D eigenvalue weighted by atomic mass is 15.0. The van der Waals surface area contributed by atoms with Gasteiger partial charge in [-0.1, -0.05) is 109 Å². The fraction of sp³-hybridized carbons (Fsp3) is 0. The SMILES string of the molecule is [2H]c1c([2H])c([2H])c2c(c1[2H])c1c([2H])c(-c3ccc4c(c3)c3ccccc3n4-c3ccc(-c4ccccc4)cc3)c([2H])c([2H])c1n2-c1ccccc1. The van der Waals surface area contributed by atoms with Crippen LogP contribution < -0.4 is 0 Å². The fourth-order valence-corrected chi connectivity index (χ4v) is 6.33. The molecule has 44 heavy (non-hydrogen) atoms. The normalized spacial score (nSPS) is 13.9. The van der Waals surface area contributed by atoms with Gasteiger partial charge >= 0.3 is 0 Å². The van der Waals surface area contributed by atoms with Crippen molar-refractivity contribution in [2.24, 2.45) is 0 Å². The van der Waals surface area contributed by atoms with E-state index in [0.717, 1.165) is 38.6 Å². The highest BCUT2D eigenvalue weighted by Gasteiger charge is 2.16. The molecule has 0 radical (unpaired) electrons. The maximum Gasteiger partial charge on any atom is 0.0645 e. The lowest BCUT2D eigenvalue weighted by atomic mass is 10.0. The number of hydrogen-bond acceptors (Lipinski definition) is 0. The predicted octanol–water partition coefficient (Wildman–Crippen LogP) is 11.2. The molecule has 2 aromatic heterocycles. The molecule has 0 aliphatic heterocycles. The number of nitrogens with zero attached hydrogens (tertiary/aromatic N) is 2. The van der Waals surface area contributed by atoms with Crippen LogP contribution in [0.3, 0.4) is 0 Å². The van der Waals surface area contributed by atoms with Crippen molar-refractivity contribution in [1.29, 1.82) is 0 Å². The molecule has 0 spiro atoms. The van der Waals surface area contributed by atoms with Crippen LogP contribution in [0.15, 0.2) is 170 Å². The molecule has 0 unspecified atom stereocenters. The maximum absolute atomic E-state index is 9.59. The van der Waals surface area contributed by atoms with Crippen molar-refractivity contribution < 1.29 is 9.60 Å². The summed E-state index contributed by atoms with van der Waals surface area (Å²) in [6, 6.07) is 40.0. The van der Waals surface area contributed by atoms with Crippen LogP contribution in [0.4, 0.5) is 0 Å². The van der Waals surface area contributed by atoms with Crippen molar-refractivity contribution >= 4 is 43.6 Å². The Morgan fingerprint density at radius 1 is 0.364 bits per heavy atom. The third kappa shape index (κ3) is 3.82. The molecule has 0 bridgehead atoms. The van der Waals surface area contributed by atoms with Crippen molar-refractivity contribution in [1.82, 2.24) is 9.13 Å². The van der Waals surface area contributed by atoms with E-state index in [4.69, 9.17) is 5.48 Å². The average Bonchev–Trinajstić information content (AvgIpc) is 3.70. The molecule has 0 fully saturated rings. The van der Waals surface area contributed by atoms with Gasteiger partial charge in [0, 0.05) is 32.9 Å². The highest BCUT2D eigenvalue weighted by Crippen LogP contribution is 2.38. The monoisotopic (exact) mass is 567 g/mol. The standard InChI is InChI=1S/C42H28N2/c1-3-11-29(12-4-1)30-19-23-34(24-20-30)44-40-18-10-8-16-36(40)38-28-32(22-26-42(38)44)31-21-25-41-37(27-31)35-15-7-9-17-39(35)43(41)33-13-5-2-6-14-33/h1-28H/i7D,9D,15D,17D,21D,25D,27D. The summed E-state index contributed by atoms with van der Waals surface area (Å²) in [5.74, 6) is 0. The first-order valence-corrected chi connectivity index (χ1v) is 14.5. The molecule has 2 nitrogen and oxygen atoms in total. The van der Waals surface area contributed by atoms with Crippen molar-refractivity contribution in [3.63, 3.8) is 0 Å². The molecule has 0 saturated carbocycles. The second-order valence-corrected chi connectivity index (χ2v) is 10.9. The number of benzene rings is 7. The van der Waals surface area contributed by atoms with Crippen molar-refractivity contribution in [2.45, 2.75) is 0 Å². The molecule has 2 heteroatoms. The van der Waals surface area contributed by atoms with Gasteiger partial charge in [0.1, 0.15) is 0 Å². The van der Waals surface area contributed by atoms with Crippen molar-refractivity contribution in [3.05, 3.63) is 170 Å². The van der Waals surface area contributed by atoms with Gasteiger partial charge in [-0.3, -0.25) is 0 Å². The Morgan fingerprint density at radius 3 is 1.82 bits per heavy atom. The molecule has 9 aromatic rings. The Bertz CT molecular complexity index is 2860. The molecule has 0 saturated heterocycles. The second kappa shape index (κ2) is 9.86. The van der Waals surface area contributed by atoms with Gasteiger partial charge in [0.2, 0.25) is 0 Å². The van der Waals surface area contributed by atoms with E-state index >= 15 is 0 Å². The third-order valence-electron chi connectivity index (χ3n) is 8.37. The smallest absolute Gasteiger partial charge is 0.0645 e. The van der Waals surface area contributed by atoms with Crippen LogP contribution in [-0.2, 0) is 0 Å². The Morgan fingerprint density at radius 2 is 0.977 bits per heavy atom. The number of rotatable bonds is 4. The molecule has 0 aliphatic carbocycles. The van der Waals surface area contributed by atoms with Crippen LogP contribution >= 0.6 is 0 Å². The van der Waals surface area contributed by atoms with E-state index in [2.05, 4.69) is 53.1 Å². The Hall–Kier alpha value is -5.86. The molecule has 0 aliphatic rings. The first-order valence-electron chi connectivity index (χ1n) is 18.0. The van der Waals surface area contributed by atoms with Gasteiger partial charge < -0.3 is 9.13 Å². The first kappa shape index (κ1) is 18.6. The number of aromatic nitrogens is 2. The first-order chi connectivity index (χ1) is 24.8. The zero-order valence-corrected chi connectivity index (χ0v) is 23.5. The Labute approximate surface area is 265 Å². The Balaban J connectivity index is 1.31. The summed E-state index contributed by atoms with van der Waals surface area (Å²) in [7, 11) is 0. The summed E-state index contributed by atoms with van der Waals surface area (Å²) in [6.45, 7) is 0. The summed E-state index contributed by atoms with van der Waals surface area (Å²) in [5, 5.41) is 2.31. The highest BCUT2D eigenvalue weighted by molar-refractivity contribution is 6.12. The predicted molar refractivity (Wildman–Crippen MR) is 186 cm³/mol. The number of para-hydroxylation sites is 3. The maximum atomic E-state index is 9.59. The average molecular weight is 568 g/mol. The fourth-order valence-electron chi connectivity index (χ4n) is 6.33. The molecule has 0 amide bonds. The van der Waals surface area contributed by atoms with Crippen LogP contribution in [0.25, 0.3) is 77.2 Å². The van der Waals surface area contributed by atoms with Crippen LogP contribution in [-0.4, -0.2) is 9.13 Å². The van der Waals surface area contributed by atoms with Gasteiger partial charge in [-0.2, -0.15) is 0 Å². The van der Waals surface area contributed by atoms with Gasteiger partial charge in [-0.15, -0.1) is 0 Å². The summed E-state index contributed by atoms with van der Waals surface area (Å²) in [5.41, 5.74) is 6.99. The lowest BCUT2D eigenvalue weighted by Gasteiger charge is -2.10. The van der Waals surface area contributed by atoms with Crippen LogP contribution in [0.5, 0.6) is 0 Å². The molecular weight excluding hydrogens is 532 g/mol. The molecule has 7 aromatic carbocycles. The number of fused-ring (bicyclic) bond motifs is 6. The van der Waals surface area contributed by atoms with Crippen LogP contribution in [0, 0.1) is 0 Å². The lowest BCUT2D eigenvalue weighted by Crippen LogP contribution is -1.93.